The van der Waals surface area contributed by atoms with Crippen LogP contribution < -0.4 is 5.73 Å². The molecule has 0 saturated carbocycles. The van der Waals surface area contributed by atoms with Crippen molar-refractivity contribution in [1.82, 2.24) is 4.90 Å². The molecule has 1 fully saturated rings. The molecule has 1 aromatic rings. The molecule has 0 bridgehead atoms. The van der Waals surface area contributed by atoms with Crippen LogP contribution in [0.3, 0.4) is 0 Å². The van der Waals surface area contributed by atoms with Gasteiger partial charge in [0, 0.05) is 31.8 Å². The van der Waals surface area contributed by atoms with Gasteiger partial charge in [0.05, 0.1) is 6.10 Å². The van der Waals surface area contributed by atoms with Crippen molar-refractivity contribution in [1.29, 1.82) is 0 Å². The van der Waals surface area contributed by atoms with Crippen molar-refractivity contribution >= 4 is 11.6 Å². The molecule has 0 radical (unpaired) electrons. The Kier molecular flexibility index (Phi) is 5.62. The molecule has 4 heteroatoms. The number of benzene rings is 1. The van der Waals surface area contributed by atoms with Crippen molar-refractivity contribution in [2.24, 2.45) is 0 Å². The van der Waals surface area contributed by atoms with E-state index >= 15 is 0 Å². The summed E-state index contributed by atoms with van der Waals surface area (Å²) in [7, 11) is 0. The van der Waals surface area contributed by atoms with E-state index in [0.717, 1.165) is 43.8 Å². The van der Waals surface area contributed by atoms with Crippen LogP contribution in [0.2, 0.25) is 0 Å². The lowest BCUT2D eigenvalue weighted by molar-refractivity contribution is -0.132. The van der Waals surface area contributed by atoms with Crippen LogP contribution >= 0.6 is 0 Å². The van der Waals surface area contributed by atoms with Crippen LogP contribution in [-0.2, 0) is 9.53 Å². The average molecular weight is 290 g/mol. The van der Waals surface area contributed by atoms with E-state index in [1.54, 1.807) is 0 Å². The summed E-state index contributed by atoms with van der Waals surface area (Å²) in [5.41, 5.74) is 7.61. The number of likely N-dealkylation sites (N-methyl/N-ethyl adjacent to an activating group) is 1. The molecule has 21 heavy (non-hydrogen) atoms. The van der Waals surface area contributed by atoms with Crippen LogP contribution in [0.25, 0.3) is 0 Å². The van der Waals surface area contributed by atoms with Crippen molar-refractivity contribution in [3.63, 3.8) is 0 Å². The molecule has 2 unspecified atom stereocenters. The second-order valence-corrected chi connectivity index (χ2v) is 5.84. The van der Waals surface area contributed by atoms with Crippen LogP contribution in [0.4, 0.5) is 5.69 Å². The summed E-state index contributed by atoms with van der Waals surface area (Å²) in [4.78, 5) is 14.4. The van der Waals surface area contributed by atoms with E-state index in [0.29, 0.717) is 6.42 Å². The number of carbonyl (C=O) groups excluding carboxylic acids is 1. The highest BCUT2D eigenvalue weighted by atomic mass is 16.5. The fraction of sp³-hybridized carbons (Fsp3) is 0.588. The lowest BCUT2D eigenvalue weighted by atomic mass is 9.97. The molecule has 1 heterocycles. The zero-order chi connectivity index (χ0) is 15.2. The quantitative estimate of drug-likeness (QED) is 0.820. The number of ether oxygens (including phenoxy) is 1. The number of nitrogens with two attached hydrogens (primary N) is 1. The third-order valence-electron chi connectivity index (χ3n) is 4.17. The second-order valence-electron chi connectivity index (χ2n) is 5.84. The van der Waals surface area contributed by atoms with E-state index in [2.05, 4.69) is 6.92 Å². The van der Waals surface area contributed by atoms with E-state index in [1.165, 1.54) is 0 Å². The summed E-state index contributed by atoms with van der Waals surface area (Å²) in [6.07, 6.45) is 2.93. The third-order valence-corrected chi connectivity index (χ3v) is 4.17. The highest BCUT2D eigenvalue weighted by Crippen LogP contribution is 2.22. The number of amides is 1. The average Bonchev–Trinajstić information content (AvgIpc) is 2.98. The van der Waals surface area contributed by atoms with Crippen molar-refractivity contribution in [3.05, 3.63) is 29.8 Å². The van der Waals surface area contributed by atoms with Gasteiger partial charge in [-0.25, -0.2) is 0 Å². The van der Waals surface area contributed by atoms with Gasteiger partial charge in [-0.2, -0.15) is 0 Å². The molecule has 1 saturated heterocycles. The zero-order valence-electron chi connectivity index (χ0n) is 13.0. The predicted octanol–water partition coefficient (Wildman–Crippen LogP) is 2.79. The van der Waals surface area contributed by atoms with E-state index in [-0.39, 0.29) is 17.9 Å². The van der Waals surface area contributed by atoms with Gasteiger partial charge < -0.3 is 15.4 Å². The third kappa shape index (κ3) is 4.46. The summed E-state index contributed by atoms with van der Waals surface area (Å²) in [6.45, 7) is 6.42. The summed E-state index contributed by atoms with van der Waals surface area (Å²) >= 11 is 0. The minimum atomic E-state index is 0.205. The Balaban J connectivity index is 1.89. The van der Waals surface area contributed by atoms with Crippen molar-refractivity contribution in [2.75, 3.05) is 25.4 Å². The maximum absolute atomic E-state index is 12.5. The van der Waals surface area contributed by atoms with Crippen molar-refractivity contribution in [3.8, 4) is 0 Å². The lowest BCUT2D eigenvalue weighted by Gasteiger charge is -2.25. The Bertz CT molecular complexity index is 452. The topological polar surface area (TPSA) is 55.6 Å². The standard InChI is InChI=1S/C17H26N2O2/c1-3-19(12-16-5-4-10-21-16)17(20)11-13(2)14-6-8-15(18)9-7-14/h6-9,13,16H,3-5,10-12,18H2,1-2H3. The molecule has 4 nitrogen and oxygen atoms in total. The second kappa shape index (κ2) is 7.46. The van der Waals surface area contributed by atoms with Crippen molar-refractivity contribution in [2.45, 2.75) is 45.1 Å². The van der Waals surface area contributed by atoms with E-state index in [9.17, 15) is 4.79 Å². The van der Waals surface area contributed by atoms with Crippen LogP contribution in [0.5, 0.6) is 0 Å². The SMILES string of the molecule is CCN(CC1CCCO1)C(=O)CC(C)c1ccc(N)cc1. The minimum Gasteiger partial charge on any atom is -0.399 e. The molecule has 2 N–H and O–H groups in total. The molecule has 2 atom stereocenters. The molecule has 2 rings (SSSR count). The Labute approximate surface area is 127 Å². The first-order valence-corrected chi connectivity index (χ1v) is 7.85. The van der Waals surface area contributed by atoms with E-state index < -0.39 is 0 Å². The molecular formula is C17H26N2O2. The Morgan fingerprint density at radius 3 is 2.71 bits per heavy atom. The van der Waals surface area contributed by atoms with E-state index in [1.807, 2.05) is 36.1 Å². The molecule has 0 aromatic heterocycles. The van der Waals surface area contributed by atoms with Gasteiger partial charge in [0.15, 0.2) is 0 Å². The number of hydrogen-bond acceptors (Lipinski definition) is 3. The highest BCUT2D eigenvalue weighted by molar-refractivity contribution is 5.77. The van der Waals surface area contributed by atoms with Gasteiger partial charge in [-0.3, -0.25) is 4.79 Å². The monoisotopic (exact) mass is 290 g/mol. The molecular weight excluding hydrogens is 264 g/mol. The number of anilines is 1. The number of nitrogen functional groups attached to an aromatic ring is 1. The van der Waals surface area contributed by atoms with Gasteiger partial charge in [-0.1, -0.05) is 19.1 Å². The zero-order valence-corrected chi connectivity index (χ0v) is 13.0. The van der Waals surface area contributed by atoms with Gasteiger partial charge in [-0.05, 0) is 43.4 Å². The number of hydrogen-bond donors (Lipinski definition) is 1. The van der Waals surface area contributed by atoms with E-state index in [4.69, 9.17) is 10.5 Å². The number of rotatable bonds is 6. The maximum atomic E-state index is 12.5. The lowest BCUT2D eigenvalue weighted by Crippen LogP contribution is -2.37. The summed E-state index contributed by atoms with van der Waals surface area (Å²) in [6, 6.07) is 7.79. The normalized spacial score (nSPS) is 19.4. The fourth-order valence-corrected chi connectivity index (χ4v) is 2.77. The number of nitrogens with zero attached hydrogens (tertiary/aromatic N) is 1. The maximum Gasteiger partial charge on any atom is 0.223 e. The first-order chi connectivity index (χ1) is 10.1. The first-order valence-electron chi connectivity index (χ1n) is 7.85. The Morgan fingerprint density at radius 1 is 1.43 bits per heavy atom. The summed E-state index contributed by atoms with van der Waals surface area (Å²) < 4.78 is 5.63. The molecule has 1 aliphatic heterocycles. The highest BCUT2D eigenvalue weighted by Gasteiger charge is 2.22. The molecule has 1 amide bonds. The van der Waals surface area contributed by atoms with Crippen LogP contribution in [0.15, 0.2) is 24.3 Å². The summed E-state index contributed by atoms with van der Waals surface area (Å²) in [5, 5.41) is 0. The van der Waals surface area contributed by atoms with Gasteiger partial charge in [-0.15, -0.1) is 0 Å². The smallest absolute Gasteiger partial charge is 0.223 e. The minimum absolute atomic E-state index is 0.205. The predicted molar refractivity (Wildman–Crippen MR) is 85.1 cm³/mol. The van der Waals surface area contributed by atoms with Gasteiger partial charge in [0.1, 0.15) is 0 Å². The van der Waals surface area contributed by atoms with Crippen LogP contribution in [0.1, 0.15) is 44.6 Å². The van der Waals surface area contributed by atoms with Gasteiger partial charge >= 0.3 is 0 Å². The molecule has 1 aromatic carbocycles. The first kappa shape index (κ1) is 15.8. The molecule has 0 spiro atoms. The molecule has 116 valence electrons. The number of carbonyl (C=O) groups is 1. The Hall–Kier alpha value is -1.55. The molecule has 0 aliphatic carbocycles. The van der Waals surface area contributed by atoms with Gasteiger partial charge in [0.25, 0.3) is 0 Å². The van der Waals surface area contributed by atoms with Crippen LogP contribution in [0, 0.1) is 0 Å². The molecule has 1 aliphatic rings. The Morgan fingerprint density at radius 2 is 2.14 bits per heavy atom. The van der Waals surface area contributed by atoms with Gasteiger partial charge in [0.2, 0.25) is 5.91 Å². The fourth-order valence-electron chi connectivity index (χ4n) is 2.77. The largest absolute Gasteiger partial charge is 0.399 e. The van der Waals surface area contributed by atoms with Crippen molar-refractivity contribution < 1.29 is 9.53 Å². The summed E-state index contributed by atoms with van der Waals surface area (Å²) in [5.74, 6) is 0.411. The van der Waals surface area contributed by atoms with Crippen LogP contribution in [-0.4, -0.2) is 36.6 Å².